The van der Waals surface area contributed by atoms with Crippen molar-refractivity contribution in [3.05, 3.63) is 40.3 Å². The summed E-state index contributed by atoms with van der Waals surface area (Å²) >= 11 is 0. The normalized spacial score (nSPS) is 19.8. The molecule has 2 aromatic rings. The lowest BCUT2D eigenvalue weighted by Gasteiger charge is -2.30. The van der Waals surface area contributed by atoms with Crippen LogP contribution in [0.1, 0.15) is 19.4 Å². The highest BCUT2D eigenvalue weighted by Gasteiger charge is 2.28. The van der Waals surface area contributed by atoms with E-state index in [0.29, 0.717) is 42.4 Å². The molecule has 0 spiro atoms. The summed E-state index contributed by atoms with van der Waals surface area (Å²) in [5.41, 5.74) is 0.213. The van der Waals surface area contributed by atoms with Crippen LogP contribution in [0.15, 0.2) is 33.5 Å². The van der Waals surface area contributed by atoms with Crippen LogP contribution in [-0.2, 0) is 4.74 Å². The first-order valence-corrected chi connectivity index (χ1v) is 9.51. The minimum absolute atomic E-state index is 0.138. The summed E-state index contributed by atoms with van der Waals surface area (Å²) in [6.45, 7) is 7.54. The van der Waals surface area contributed by atoms with E-state index in [9.17, 15) is 9.90 Å². The van der Waals surface area contributed by atoms with E-state index in [0.717, 1.165) is 18.5 Å². The van der Waals surface area contributed by atoms with Crippen molar-refractivity contribution < 1.29 is 23.7 Å². The predicted octanol–water partition coefficient (Wildman–Crippen LogP) is 2.05. The summed E-state index contributed by atoms with van der Waals surface area (Å²) in [7, 11) is 0. The first kappa shape index (κ1) is 19.0. The number of nitrogens with zero attached hydrogens (tertiary/aromatic N) is 1. The van der Waals surface area contributed by atoms with Crippen LogP contribution in [0.25, 0.3) is 17.0 Å². The number of benzene rings is 1. The first-order valence-electron chi connectivity index (χ1n) is 9.51. The topological polar surface area (TPSA) is 81.4 Å². The minimum atomic E-state index is -0.634. The lowest BCUT2D eigenvalue weighted by molar-refractivity contribution is 0.00418. The van der Waals surface area contributed by atoms with E-state index < -0.39 is 17.3 Å². The molecule has 3 heterocycles. The highest BCUT2D eigenvalue weighted by atomic mass is 16.5. The summed E-state index contributed by atoms with van der Waals surface area (Å²) in [6.07, 6.45) is 3.17. The van der Waals surface area contributed by atoms with Crippen LogP contribution in [0.3, 0.4) is 0 Å². The molecule has 7 heteroatoms. The maximum absolute atomic E-state index is 11.7. The van der Waals surface area contributed by atoms with E-state index in [1.54, 1.807) is 12.1 Å². The molecule has 1 aromatic carbocycles. The number of ether oxygens (including phenoxy) is 3. The highest BCUT2D eigenvalue weighted by molar-refractivity contribution is 5.91. The highest BCUT2D eigenvalue weighted by Crippen LogP contribution is 2.43. The Morgan fingerprint density at radius 2 is 2.07 bits per heavy atom. The Labute approximate surface area is 163 Å². The van der Waals surface area contributed by atoms with Crippen LogP contribution in [0.4, 0.5) is 0 Å². The third kappa shape index (κ3) is 4.06. The molecule has 1 N–H and O–H groups in total. The lowest BCUT2D eigenvalue weighted by atomic mass is 10.00. The molecule has 0 amide bonds. The van der Waals surface area contributed by atoms with Gasteiger partial charge in [0.1, 0.15) is 23.9 Å². The van der Waals surface area contributed by atoms with Gasteiger partial charge in [0.15, 0.2) is 11.5 Å². The molecule has 7 nitrogen and oxygen atoms in total. The molecule has 0 aliphatic carbocycles. The zero-order chi connectivity index (χ0) is 19.7. The van der Waals surface area contributed by atoms with E-state index in [4.69, 9.17) is 18.6 Å². The van der Waals surface area contributed by atoms with Gasteiger partial charge in [-0.05, 0) is 38.1 Å². The van der Waals surface area contributed by atoms with Crippen LogP contribution in [0, 0.1) is 0 Å². The fraction of sp³-hybridized carbons (Fsp3) is 0.476. The van der Waals surface area contributed by atoms with Crippen molar-refractivity contribution in [1.29, 1.82) is 0 Å². The number of morpholine rings is 1. The minimum Gasteiger partial charge on any atom is -0.487 e. The molecule has 1 saturated heterocycles. The molecule has 0 radical (unpaired) electrons. The quantitative estimate of drug-likeness (QED) is 0.787. The summed E-state index contributed by atoms with van der Waals surface area (Å²) in [4.78, 5) is 13.8. The molecular formula is C21H25NO6. The second-order valence-corrected chi connectivity index (χ2v) is 7.71. The van der Waals surface area contributed by atoms with E-state index >= 15 is 0 Å². The van der Waals surface area contributed by atoms with Gasteiger partial charge in [-0.3, -0.25) is 4.90 Å². The van der Waals surface area contributed by atoms with Crippen LogP contribution in [0.2, 0.25) is 0 Å². The second-order valence-electron chi connectivity index (χ2n) is 7.71. The van der Waals surface area contributed by atoms with Gasteiger partial charge in [0, 0.05) is 31.1 Å². The van der Waals surface area contributed by atoms with Gasteiger partial charge in [0.05, 0.1) is 18.8 Å². The monoisotopic (exact) mass is 387 g/mol. The molecule has 1 atom stereocenters. The fourth-order valence-corrected chi connectivity index (χ4v) is 3.46. The van der Waals surface area contributed by atoms with Gasteiger partial charge >= 0.3 is 5.63 Å². The van der Waals surface area contributed by atoms with Crippen LogP contribution >= 0.6 is 0 Å². The smallest absolute Gasteiger partial charge is 0.336 e. The van der Waals surface area contributed by atoms with Crippen molar-refractivity contribution in [2.24, 2.45) is 0 Å². The molecule has 28 heavy (non-hydrogen) atoms. The number of rotatable bonds is 5. The van der Waals surface area contributed by atoms with Crippen molar-refractivity contribution >= 4 is 17.0 Å². The van der Waals surface area contributed by atoms with Crippen molar-refractivity contribution in [2.75, 3.05) is 39.5 Å². The molecule has 0 bridgehead atoms. The largest absolute Gasteiger partial charge is 0.487 e. The molecular weight excluding hydrogens is 362 g/mol. The Kier molecular flexibility index (Phi) is 5.14. The van der Waals surface area contributed by atoms with Crippen molar-refractivity contribution in [3.8, 4) is 11.5 Å². The van der Waals surface area contributed by atoms with Gasteiger partial charge in [-0.2, -0.15) is 0 Å². The van der Waals surface area contributed by atoms with E-state index in [-0.39, 0.29) is 6.61 Å². The van der Waals surface area contributed by atoms with Gasteiger partial charge in [-0.1, -0.05) is 0 Å². The van der Waals surface area contributed by atoms with Gasteiger partial charge < -0.3 is 23.7 Å². The Balaban J connectivity index is 1.59. The Morgan fingerprint density at radius 3 is 2.86 bits per heavy atom. The molecule has 150 valence electrons. The molecule has 2 aliphatic rings. The number of hydrogen-bond acceptors (Lipinski definition) is 7. The van der Waals surface area contributed by atoms with E-state index in [1.165, 1.54) is 6.07 Å². The molecule has 2 aliphatic heterocycles. The van der Waals surface area contributed by atoms with Crippen LogP contribution in [0.5, 0.6) is 11.5 Å². The molecule has 1 fully saturated rings. The third-order valence-corrected chi connectivity index (χ3v) is 4.88. The zero-order valence-corrected chi connectivity index (χ0v) is 16.1. The molecule has 4 rings (SSSR count). The van der Waals surface area contributed by atoms with Crippen LogP contribution in [-0.4, -0.2) is 61.2 Å². The number of β-amino-alcohol motifs (C(OH)–C–C–N with tert-alkyl or cyclic N) is 1. The van der Waals surface area contributed by atoms with Crippen LogP contribution < -0.4 is 15.1 Å². The molecule has 1 unspecified atom stereocenters. The Bertz CT molecular complexity index is 942. The lowest BCUT2D eigenvalue weighted by Crippen LogP contribution is -2.42. The zero-order valence-electron chi connectivity index (χ0n) is 16.1. The average molecular weight is 387 g/mol. The van der Waals surface area contributed by atoms with Crippen molar-refractivity contribution in [3.63, 3.8) is 0 Å². The SMILES string of the molecule is CC1(C)C=Cc2c(c(OCC(O)CN3CCOCC3)cc3ccc(=O)oc23)O1. The summed E-state index contributed by atoms with van der Waals surface area (Å²) in [5.74, 6) is 1.04. The Morgan fingerprint density at radius 1 is 1.29 bits per heavy atom. The number of hydrogen-bond donors (Lipinski definition) is 1. The van der Waals surface area contributed by atoms with E-state index in [2.05, 4.69) is 4.90 Å². The van der Waals surface area contributed by atoms with Crippen molar-refractivity contribution in [2.45, 2.75) is 25.6 Å². The third-order valence-electron chi connectivity index (χ3n) is 4.88. The van der Waals surface area contributed by atoms with Gasteiger partial charge in [-0.15, -0.1) is 0 Å². The number of aliphatic hydroxyl groups excluding tert-OH is 1. The average Bonchev–Trinajstić information content (AvgIpc) is 2.66. The molecule has 1 aromatic heterocycles. The summed E-state index contributed by atoms with van der Waals surface area (Å²) in [6, 6.07) is 4.86. The number of fused-ring (bicyclic) bond motifs is 3. The summed E-state index contributed by atoms with van der Waals surface area (Å²) < 4.78 is 22.8. The molecule has 0 saturated carbocycles. The van der Waals surface area contributed by atoms with E-state index in [1.807, 2.05) is 26.0 Å². The first-order chi connectivity index (χ1) is 13.4. The maximum Gasteiger partial charge on any atom is 0.336 e. The van der Waals surface area contributed by atoms with Gasteiger partial charge in [-0.25, -0.2) is 4.79 Å². The summed E-state index contributed by atoms with van der Waals surface area (Å²) in [5, 5.41) is 11.1. The number of aliphatic hydroxyl groups is 1. The fourth-order valence-electron chi connectivity index (χ4n) is 3.46. The van der Waals surface area contributed by atoms with Gasteiger partial charge in [0.25, 0.3) is 0 Å². The second kappa shape index (κ2) is 7.58. The standard InChI is InChI=1S/C21H25NO6/c1-21(2)6-5-16-19-14(3-4-18(24)27-19)11-17(20(16)28-21)26-13-15(23)12-22-7-9-25-10-8-22/h3-6,11,15,23H,7-10,12-13H2,1-2H3. The maximum atomic E-state index is 11.7. The predicted molar refractivity (Wildman–Crippen MR) is 105 cm³/mol. The van der Waals surface area contributed by atoms with Crippen molar-refractivity contribution in [1.82, 2.24) is 4.90 Å². The van der Waals surface area contributed by atoms with Gasteiger partial charge in [0.2, 0.25) is 0 Å². The Hall–Kier alpha value is -2.35.